The molecule has 0 spiro atoms. The average molecular weight is 213 g/mol. The number of hydrogen-bond acceptors (Lipinski definition) is 3. The fourth-order valence-corrected chi connectivity index (χ4v) is 2.05. The zero-order chi connectivity index (χ0) is 11.4. The minimum atomic E-state index is 0.206. The van der Waals surface area contributed by atoms with Crippen LogP contribution in [0.4, 0.5) is 0 Å². The zero-order valence-electron chi connectivity index (χ0n) is 10.1. The third-order valence-corrected chi connectivity index (χ3v) is 3.17. The largest absolute Gasteiger partial charge is 0.349 e. The summed E-state index contributed by atoms with van der Waals surface area (Å²) in [5.41, 5.74) is 5.89. The molecule has 4 heteroatoms. The zero-order valence-corrected chi connectivity index (χ0v) is 10.1. The summed E-state index contributed by atoms with van der Waals surface area (Å²) in [5.74, 6) is 0.206. The van der Waals surface area contributed by atoms with Gasteiger partial charge in [-0.3, -0.25) is 4.79 Å². The molecule has 0 aromatic rings. The molecule has 15 heavy (non-hydrogen) atoms. The van der Waals surface area contributed by atoms with Crippen molar-refractivity contribution in [3.8, 4) is 0 Å². The lowest BCUT2D eigenvalue weighted by atomic mass is 9.99. The Morgan fingerprint density at radius 2 is 2.20 bits per heavy atom. The normalized spacial score (nSPS) is 27.7. The van der Waals surface area contributed by atoms with Crippen LogP contribution in [0.15, 0.2) is 0 Å². The molecule has 0 radical (unpaired) electrons. The van der Waals surface area contributed by atoms with Crippen LogP contribution in [0.3, 0.4) is 0 Å². The fraction of sp³-hybridized carbons (Fsp3) is 0.909. The van der Waals surface area contributed by atoms with Crippen LogP contribution in [0.1, 0.15) is 26.2 Å². The van der Waals surface area contributed by atoms with Crippen molar-refractivity contribution in [1.29, 1.82) is 0 Å². The Labute approximate surface area is 92.4 Å². The molecule has 1 fully saturated rings. The van der Waals surface area contributed by atoms with E-state index in [4.69, 9.17) is 5.73 Å². The van der Waals surface area contributed by atoms with E-state index in [0.717, 1.165) is 25.9 Å². The van der Waals surface area contributed by atoms with E-state index in [9.17, 15) is 4.79 Å². The third-order valence-electron chi connectivity index (χ3n) is 3.17. The van der Waals surface area contributed by atoms with E-state index < -0.39 is 0 Å². The number of likely N-dealkylation sites (tertiary alicyclic amines) is 1. The van der Waals surface area contributed by atoms with Gasteiger partial charge in [-0.25, -0.2) is 0 Å². The molecule has 1 heterocycles. The molecule has 0 aromatic heterocycles. The first-order valence-electron chi connectivity index (χ1n) is 5.70. The second-order valence-corrected chi connectivity index (χ2v) is 4.71. The SMILES string of the molecule is CC1CC(N)CCN1CCC(=O)N(C)C. The summed E-state index contributed by atoms with van der Waals surface area (Å²) in [6.45, 7) is 4.09. The first kappa shape index (κ1) is 12.5. The van der Waals surface area contributed by atoms with Crippen LogP contribution in [0.5, 0.6) is 0 Å². The molecule has 0 saturated carbocycles. The Hall–Kier alpha value is -0.610. The lowest BCUT2D eigenvalue weighted by Crippen LogP contribution is -2.46. The van der Waals surface area contributed by atoms with Crippen molar-refractivity contribution >= 4 is 5.91 Å². The van der Waals surface area contributed by atoms with Crippen molar-refractivity contribution in [3.63, 3.8) is 0 Å². The number of amides is 1. The van der Waals surface area contributed by atoms with E-state index in [0.29, 0.717) is 18.5 Å². The standard InChI is InChI=1S/C11H23N3O/c1-9-8-10(12)4-6-14(9)7-5-11(15)13(2)3/h9-10H,4-8,12H2,1-3H3. The van der Waals surface area contributed by atoms with E-state index in [-0.39, 0.29) is 5.91 Å². The monoisotopic (exact) mass is 213 g/mol. The molecule has 1 amide bonds. The molecule has 1 saturated heterocycles. The molecule has 1 rings (SSSR count). The van der Waals surface area contributed by atoms with Crippen LogP contribution in [0.25, 0.3) is 0 Å². The number of carbonyl (C=O) groups excluding carboxylic acids is 1. The molecule has 0 aliphatic carbocycles. The number of piperidine rings is 1. The quantitative estimate of drug-likeness (QED) is 0.732. The van der Waals surface area contributed by atoms with E-state index in [1.54, 1.807) is 19.0 Å². The molecule has 0 aromatic carbocycles. The van der Waals surface area contributed by atoms with E-state index in [2.05, 4.69) is 11.8 Å². The predicted octanol–water partition coefficient (Wildman–Crippen LogP) is 0.276. The van der Waals surface area contributed by atoms with Gasteiger partial charge in [-0.15, -0.1) is 0 Å². The van der Waals surface area contributed by atoms with Crippen molar-refractivity contribution in [2.24, 2.45) is 5.73 Å². The molecular formula is C11H23N3O. The van der Waals surface area contributed by atoms with Crippen LogP contribution in [0, 0.1) is 0 Å². The number of rotatable bonds is 3. The van der Waals surface area contributed by atoms with Gasteiger partial charge in [0.15, 0.2) is 0 Å². The van der Waals surface area contributed by atoms with Crippen LogP contribution >= 0.6 is 0 Å². The van der Waals surface area contributed by atoms with Crippen molar-refractivity contribution in [3.05, 3.63) is 0 Å². The summed E-state index contributed by atoms with van der Waals surface area (Å²) in [6, 6.07) is 0.865. The summed E-state index contributed by atoms with van der Waals surface area (Å²) in [6.07, 6.45) is 2.73. The van der Waals surface area contributed by atoms with Gasteiger partial charge in [0.05, 0.1) is 0 Å². The van der Waals surface area contributed by atoms with Gasteiger partial charge in [-0.2, -0.15) is 0 Å². The summed E-state index contributed by atoms with van der Waals surface area (Å²) in [5, 5.41) is 0. The second-order valence-electron chi connectivity index (χ2n) is 4.71. The maximum Gasteiger partial charge on any atom is 0.223 e. The van der Waals surface area contributed by atoms with Gasteiger partial charge in [0, 0.05) is 39.1 Å². The van der Waals surface area contributed by atoms with Crippen molar-refractivity contribution in [2.45, 2.75) is 38.3 Å². The molecule has 1 aliphatic heterocycles. The van der Waals surface area contributed by atoms with Crippen LogP contribution in [-0.4, -0.2) is 55.0 Å². The highest BCUT2D eigenvalue weighted by molar-refractivity contribution is 5.75. The number of carbonyl (C=O) groups is 1. The average Bonchev–Trinajstić information content (AvgIpc) is 2.15. The highest BCUT2D eigenvalue weighted by Gasteiger charge is 2.23. The maximum atomic E-state index is 11.4. The van der Waals surface area contributed by atoms with Crippen molar-refractivity contribution in [1.82, 2.24) is 9.80 Å². The van der Waals surface area contributed by atoms with Gasteiger partial charge >= 0.3 is 0 Å². The second kappa shape index (κ2) is 5.47. The number of hydrogen-bond donors (Lipinski definition) is 1. The minimum Gasteiger partial charge on any atom is -0.349 e. The van der Waals surface area contributed by atoms with Crippen LogP contribution in [-0.2, 0) is 4.79 Å². The first-order chi connectivity index (χ1) is 7.00. The number of nitrogens with zero attached hydrogens (tertiary/aromatic N) is 2. The van der Waals surface area contributed by atoms with Crippen molar-refractivity contribution < 1.29 is 4.79 Å². The van der Waals surface area contributed by atoms with Gasteiger partial charge in [0.1, 0.15) is 0 Å². The Kier molecular flexibility index (Phi) is 4.54. The molecule has 1 aliphatic rings. The van der Waals surface area contributed by atoms with Crippen LogP contribution < -0.4 is 5.73 Å². The molecule has 2 unspecified atom stereocenters. The minimum absolute atomic E-state index is 0.206. The summed E-state index contributed by atoms with van der Waals surface area (Å²) < 4.78 is 0. The van der Waals surface area contributed by atoms with Crippen molar-refractivity contribution in [2.75, 3.05) is 27.2 Å². The maximum absolute atomic E-state index is 11.4. The topological polar surface area (TPSA) is 49.6 Å². The first-order valence-corrected chi connectivity index (χ1v) is 5.70. The summed E-state index contributed by atoms with van der Waals surface area (Å²) in [7, 11) is 3.61. The van der Waals surface area contributed by atoms with Gasteiger partial charge in [-0.1, -0.05) is 0 Å². The molecule has 4 nitrogen and oxygen atoms in total. The lowest BCUT2D eigenvalue weighted by Gasteiger charge is -2.36. The molecule has 2 atom stereocenters. The van der Waals surface area contributed by atoms with E-state index in [1.807, 2.05) is 0 Å². The van der Waals surface area contributed by atoms with Gasteiger partial charge in [-0.05, 0) is 26.3 Å². The van der Waals surface area contributed by atoms with Crippen LogP contribution in [0.2, 0.25) is 0 Å². The molecule has 2 N–H and O–H groups in total. The predicted molar refractivity (Wildman–Crippen MR) is 61.6 cm³/mol. The Bertz CT molecular complexity index is 218. The smallest absolute Gasteiger partial charge is 0.223 e. The lowest BCUT2D eigenvalue weighted by molar-refractivity contribution is -0.129. The Morgan fingerprint density at radius 1 is 1.53 bits per heavy atom. The summed E-state index contributed by atoms with van der Waals surface area (Å²) in [4.78, 5) is 15.5. The molecule has 0 bridgehead atoms. The van der Waals surface area contributed by atoms with Gasteiger partial charge in [0.2, 0.25) is 5.91 Å². The van der Waals surface area contributed by atoms with Gasteiger partial charge in [0.25, 0.3) is 0 Å². The van der Waals surface area contributed by atoms with E-state index in [1.165, 1.54) is 0 Å². The highest BCUT2D eigenvalue weighted by Crippen LogP contribution is 2.15. The fourth-order valence-electron chi connectivity index (χ4n) is 2.05. The Morgan fingerprint density at radius 3 is 2.73 bits per heavy atom. The molecule has 88 valence electrons. The van der Waals surface area contributed by atoms with E-state index >= 15 is 0 Å². The highest BCUT2D eigenvalue weighted by atomic mass is 16.2. The Balaban J connectivity index is 2.30. The summed E-state index contributed by atoms with van der Waals surface area (Å²) >= 11 is 0. The van der Waals surface area contributed by atoms with Gasteiger partial charge < -0.3 is 15.5 Å². The third kappa shape index (κ3) is 3.80. The molecular weight excluding hydrogens is 190 g/mol. The number of nitrogens with two attached hydrogens (primary N) is 1.